The number of carbonyl (C=O) groups is 1. The summed E-state index contributed by atoms with van der Waals surface area (Å²) in [4.78, 5) is 14.9. The monoisotopic (exact) mass is 341 g/mol. The van der Waals surface area contributed by atoms with Gasteiger partial charge >= 0.3 is 0 Å². The number of furan rings is 1. The molecular weight excluding hydrogens is 318 g/mol. The van der Waals surface area contributed by atoms with Crippen LogP contribution in [-0.4, -0.2) is 33.1 Å². The molecule has 1 aliphatic heterocycles. The Balaban J connectivity index is 1.81. The number of aliphatic hydroxyl groups excluding tert-OH is 1. The third-order valence-corrected chi connectivity index (χ3v) is 4.86. The van der Waals surface area contributed by atoms with Crippen molar-refractivity contribution in [3.05, 3.63) is 47.7 Å². The molecule has 1 N–H and O–H groups in total. The van der Waals surface area contributed by atoms with Crippen LogP contribution >= 0.6 is 0 Å². The minimum atomic E-state index is -0.725. The van der Waals surface area contributed by atoms with Gasteiger partial charge in [0.2, 0.25) is 0 Å². The van der Waals surface area contributed by atoms with Crippen molar-refractivity contribution in [1.82, 2.24) is 9.47 Å². The first-order chi connectivity index (χ1) is 12.1. The fourth-order valence-electron chi connectivity index (χ4n) is 3.53. The van der Waals surface area contributed by atoms with Gasteiger partial charge in [-0.15, -0.1) is 0 Å². The molecule has 0 aromatic carbocycles. The second-order valence-electron chi connectivity index (χ2n) is 6.61. The summed E-state index contributed by atoms with van der Waals surface area (Å²) in [6.07, 6.45) is 6.86. The van der Waals surface area contributed by atoms with Gasteiger partial charge in [-0.25, -0.2) is 0 Å². The maximum atomic E-state index is 13.1. The Bertz CT molecular complexity index is 757. The molecule has 1 fully saturated rings. The van der Waals surface area contributed by atoms with E-state index in [1.165, 1.54) is 0 Å². The van der Waals surface area contributed by atoms with Crippen LogP contribution in [0.2, 0.25) is 0 Å². The Hall–Kier alpha value is -2.52. The van der Waals surface area contributed by atoms with Crippen LogP contribution in [0.25, 0.3) is 0 Å². The highest BCUT2D eigenvalue weighted by Gasteiger charge is 2.30. The van der Waals surface area contributed by atoms with Crippen molar-refractivity contribution in [2.45, 2.75) is 44.2 Å². The Kier molecular flexibility index (Phi) is 5.25. The lowest BCUT2D eigenvalue weighted by atomic mass is 10.0. The summed E-state index contributed by atoms with van der Waals surface area (Å²) < 4.78 is 6.99. The molecule has 0 aliphatic carbocycles. The van der Waals surface area contributed by atoms with Gasteiger partial charge < -0.3 is 19.0 Å². The van der Waals surface area contributed by atoms with E-state index in [0.717, 1.165) is 25.7 Å². The van der Waals surface area contributed by atoms with Gasteiger partial charge in [0, 0.05) is 32.3 Å². The normalized spacial score (nSPS) is 19.2. The lowest BCUT2D eigenvalue weighted by molar-refractivity contribution is 0.0549. The average molecular weight is 341 g/mol. The minimum absolute atomic E-state index is 0.0458. The van der Waals surface area contributed by atoms with Crippen molar-refractivity contribution in [2.75, 3.05) is 6.54 Å². The van der Waals surface area contributed by atoms with Crippen molar-refractivity contribution >= 4 is 5.91 Å². The molecule has 132 valence electrons. The van der Waals surface area contributed by atoms with Gasteiger partial charge in [-0.2, -0.15) is 5.26 Å². The van der Waals surface area contributed by atoms with E-state index < -0.39 is 6.10 Å². The molecule has 6 nitrogen and oxygen atoms in total. The molecular formula is C19H23N3O3. The van der Waals surface area contributed by atoms with Crippen molar-refractivity contribution in [3.8, 4) is 6.07 Å². The summed E-state index contributed by atoms with van der Waals surface area (Å²) >= 11 is 0. The van der Waals surface area contributed by atoms with Gasteiger partial charge in [-0.05, 0) is 31.0 Å². The van der Waals surface area contributed by atoms with Gasteiger partial charge in [0.25, 0.3) is 5.91 Å². The first-order valence-corrected chi connectivity index (χ1v) is 8.69. The number of aliphatic hydroxyl groups is 1. The summed E-state index contributed by atoms with van der Waals surface area (Å²) in [5.41, 5.74) is 0.990. The zero-order chi connectivity index (χ0) is 17.8. The Labute approximate surface area is 147 Å². The fraction of sp³-hybridized carbons (Fsp3) is 0.474. The first-order valence-electron chi connectivity index (χ1n) is 8.69. The van der Waals surface area contributed by atoms with Crippen molar-refractivity contribution < 1.29 is 14.3 Å². The van der Waals surface area contributed by atoms with Crippen molar-refractivity contribution in [1.29, 1.82) is 5.26 Å². The lowest BCUT2D eigenvalue weighted by Gasteiger charge is -2.31. The topological polar surface area (TPSA) is 82.4 Å². The van der Waals surface area contributed by atoms with E-state index in [1.807, 2.05) is 4.90 Å². The largest absolute Gasteiger partial charge is 0.467 e. The average Bonchev–Trinajstić information content (AvgIpc) is 3.21. The van der Waals surface area contributed by atoms with Crippen LogP contribution in [-0.2, 0) is 7.05 Å². The molecule has 2 atom stereocenters. The summed E-state index contributed by atoms with van der Waals surface area (Å²) in [7, 11) is 1.78. The number of nitriles is 1. The summed E-state index contributed by atoms with van der Waals surface area (Å²) in [6, 6.07) is 7.17. The fourth-order valence-corrected chi connectivity index (χ4v) is 3.53. The molecule has 2 aromatic heterocycles. The van der Waals surface area contributed by atoms with Crippen LogP contribution in [0.15, 0.2) is 35.1 Å². The van der Waals surface area contributed by atoms with Crippen LogP contribution < -0.4 is 0 Å². The molecule has 0 saturated carbocycles. The number of rotatable bonds is 4. The van der Waals surface area contributed by atoms with E-state index in [-0.39, 0.29) is 11.9 Å². The van der Waals surface area contributed by atoms with E-state index in [0.29, 0.717) is 30.0 Å². The minimum Gasteiger partial charge on any atom is -0.467 e. The molecule has 1 saturated heterocycles. The molecule has 1 amide bonds. The number of hydrogen-bond donors (Lipinski definition) is 1. The molecule has 0 spiro atoms. The summed E-state index contributed by atoms with van der Waals surface area (Å²) in [5, 5.41) is 19.5. The van der Waals surface area contributed by atoms with E-state index in [1.54, 1.807) is 42.3 Å². The molecule has 0 bridgehead atoms. The third-order valence-electron chi connectivity index (χ3n) is 4.86. The number of hydrogen-bond acceptors (Lipinski definition) is 4. The lowest BCUT2D eigenvalue weighted by Crippen LogP contribution is -2.41. The highest BCUT2D eigenvalue weighted by Crippen LogP contribution is 2.28. The van der Waals surface area contributed by atoms with Gasteiger partial charge in [0.1, 0.15) is 23.6 Å². The Morgan fingerprint density at radius 2 is 2.32 bits per heavy atom. The highest BCUT2D eigenvalue weighted by molar-refractivity contribution is 5.93. The van der Waals surface area contributed by atoms with Crippen molar-refractivity contribution in [2.24, 2.45) is 7.05 Å². The standard InChI is InChI=1S/C19H23N3O3/c1-21-13-14(12-20)10-16(21)19(24)22-8-4-2-3-6-15(22)11-17(23)18-7-5-9-25-18/h5,7,9-10,13,15,17,23H,2-4,6,8,11H2,1H3/t15-,17-/m0/s1. The number of nitrogens with zero attached hydrogens (tertiary/aromatic N) is 3. The maximum Gasteiger partial charge on any atom is 0.270 e. The zero-order valence-electron chi connectivity index (χ0n) is 14.4. The smallest absolute Gasteiger partial charge is 0.270 e. The van der Waals surface area contributed by atoms with Crippen LogP contribution in [0.1, 0.15) is 60.0 Å². The molecule has 3 rings (SSSR count). The quantitative estimate of drug-likeness (QED) is 0.927. The van der Waals surface area contributed by atoms with E-state index in [9.17, 15) is 9.90 Å². The van der Waals surface area contributed by atoms with Crippen LogP contribution in [0.4, 0.5) is 0 Å². The maximum absolute atomic E-state index is 13.1. The van der Waals surface area contributed by atoms with E-state index in [2.05, 4.69) is 6.07 Å². The molecule has 1 aliphatic rings. The Morgan fingerprint density at radius 3 is 3.00 bits per heavy atom. The molecule has 25 heavy (non-hydrogen) atoms. The SMILES string of the molecule is Cn1cc(C#N)cc1C(=O)N1CCCCC[C@H]1C[C@H](O)c1ccco1. The highest BCUT2D eigenvalue weighted by atomic mass is 16.4. The van der Waals surface area contributed by atoms with Gasteiger partial charge in [-0.1, -0.05) is 12.8 Å². The third kappa shape index (κ3) is 3.77. The van der Waals surface area contributed by atoms with Gasteiger partial charge in [0.15, 0.2) is 0 Å². The molecule has 0 unspecified atom stereocenters. The second kappa shape index (κ2) is 7.58. The van der Waals surface area contributed by atoms with Crippen LogP contribution in [0, 0.1) is 11.3 Å². The number of aromatic nitrogens is 1. The molecule has 0 radical (unpaired) electrons. The predicted molar refractivity (Wildman–Crippen MR) is 91.7 cm³/mol. The predicted octanol–water partition coefficient (Wildman–Crippen LogP) is 3.00. The molecule has 2 aromatic rings. The second-order valence-corrected chi connectivity index (χ2v) is 6.61. The van der Waals surface area contributed by atoms with E-state index >= 15 is 0 Å². The van der Waals surface area contributed by atoms with Gasteiger partial charge in [0.05, 0.1) is 11.8 Å². The zero-order valence-corrected chi connectivity index (χ0v) is 14.4. The molecule has 3 heterocycles. The van der Waals surface area contributed by atoms with Crippen molar-refractivity contribution in [3.63, 3.8) is 0 Å². The number of aryl methyl sites for hydroxylation is 1. The van der Waals surface area contributed by atoms with Gasteiger partial charge in [-0.3, -0.25) is 4.79 Å². The number of likely N-dealkylation sites (tertiary alicyclic amines) is 1. The first kappa shape index (κ1) is 17.3. The Morgan fingerprint density at radius 1 is 1.48 bits per heavy atom. The van der Waals surface area contributed by atoms with E-state index in [4.69, 9.17) is 9.68 Å². The number of amides is 1. The number of carbonyl (C=O) groups excluding carboxylic acids is 1. The summed E-state index contributed by atoms with van der Waals surface area (Å²) in [6.45, 7) is 0.668. The van der Waals surface area contributed by atoms with Crippen LogP contribution in [0.5, 0.6) is 0 Å². The van der Waals surface area contributed by atoms with Crippen LogP contribution in [0.3, 0.4) is 0 Å². The molecule has 6 heteroatoms. The summed E-state index contributed by atoms with van der Waals surface area (Å²) in [5.74, 6) is 0.449.